The van der Waals surface area contributed by atoms with Crippen LogP contribution in [-0.2, 0) is 0 Å². The lowest BCUT2D eigenvalue weighted by molar-refractivity contribution is 0.0691. The SMILES string of the molecule is Nc1cccc(OC(=O)c2ccc(C(=O)O)cc2)c1. The number of hydrogen-bond acceptors (Lipinski definition) is 4. The van der Waals surface area contributed by atoms with E-state index >= 15 is 0 Å². The van der Waals surface area contributed by atoms with Crippen LogP contribution in [0.15, 0.2) is 48.5 Å². The van der Waals surface area contributed by atoms with Crippen LogP contribution in [0.3, 0.4) is 0 Å². The molecule has 2 aromatic rings. The summed E-state index contributed by atoms with van der Waals surface area (Å²) in [6, 6.07) is 12.0. The number of carboxylic acid groups (broad SMARTS) is 1. The zero-order valence-corrected chi connectivity index (χ0v) is 9.87. The van der Waals surface area contributed by atoms with Crippen molar-refractivity contribution in [3.05, 3.63) is 59.7 Å². The number of carbonyl (C=O) groups excluding carboxylic acids is 1. The molecule has 0 radical (unpaired) electrons. The molecule has 96 valence electrons. The predicted octanol–water partition coefficient (Wildman–Crippen LogP) is 2.19. The number of nitrogen functional groups attached to an aromatic ring is 1. The fraction of sp³-hybridized carbons (Fsp3) is 0. The van der Waals surface area contributed by atoms with E-state index in [4.69, 9.17) is 15.6 Å². The second-order valence-corrected chi connectivity index (χ2v) is 3.84. The van der Waals surface area contributed by atoms with Crippen LogP contribution < -0.4 is 10.5 Å². The number of anilines is 1. The van der Waals surface area contributed by atoms with Crippen molar-refractivity contribution in [1.29, 1.82) is 0 Å². The number of aromatic carboxylic acids is 1. The van der Waals surface area contributed by atoms with E-state index in [9.17, 15) is 9.59 Å². The molecule has 0 unspecified atom stereocenters. The van der Waals surface area contributed by atoms with E-state index in [1.54, 1.807) is 18.2 Å². The summed E-state index contributed by atoms with van der Waals surface area (Å²) < 4.78 is 5.12. The third kappa shape index (κ3) is 3.10. The van der Waals surface area contributed by atoms with Gasteiger partial charge in [-0.15, -0.1) is 0 Å². The number of carbonyl (C=O) groups is 2. The molecule has 0 aliphatic heterocycles. The summed E-state index contributed by atoms with van der Waals surface area (Å²) in [7, 11) is 0. The molecule has 0 amide bonds. The van der Waals surface area contributed by atoms with Gasteiger partial charge in [-0.1, -0.05) is 6.07 Å². The minimum absolute atomic E-state index is 0.112. The summed E-state index contributed by atoms with van der Waals surface area (Å²) in [5.41, 5.74) is 6.44. The van der Waals surface area contributed by atoms with Crippen molar-refractivity contribution in [2.45, 2.75) is 0 Å². The Kier molecular flexibility index (Phi) is 3.47. The van der Waals surface area contributed by atoms with Crippen LogP contribution in [0.2, 0.25) is 0 Å². The second-order valence-electron chi connectivity index (χ2n) is 3.84. The van der Waals surface area contributed by atoms with Crippen LogP contribution >= 0.6 is 0 Å². The molecule has 2 rings (SSSR count). The lowest BCUT2D eigenvalue weighted by Gasteiger charge is -2.05. The van der Waals surface area contributed by atoms with Crippen LogP contribution in [0.5, 0.6) is 5.75 Å². The highest BCUT2D eigenvalue weighted by molar-refractivity contribution is 5.93. The van der Waals surface area contributed by atoms with Crippen LogP contribution in [0.25, 0.3) is 0 Å². The van der Waals surface area contributed by atoms with Gasteiger partial charge in [-0.05, 0) is 36.4 Å². The Hall–Kier alpha value is -2.82. The van der Waals surface area contributed by atoms with Crippen LogP contribution in [0, 0.1) is 0 Å². The molecule has 3 N–H and O–H groups in total. The van der Waals surface area contributed by atoms with Gasteiger partial charge in [0.25, 0.3) is 0 Å². The molecule has 0 aliphatic carbocycles. The zero-order valence-electron chi connectivity index (χ0n) is 9.87. The topological polar surface area (TPSA) is 89.6 Å². The Morgan fingerprint density at radius 1 is 1.00 bits per heavy atom. The quantitative estimate of drug-likeness (QED) is 0.499. The Balaban J connectivity index is 2.14. The minimum atomic E-state index is -1.05. The van der Waals surface area contributed by atoms with Gasteiger partial charge in [0.1, 0.15) is 5.75 Å². The first-order valence-electron chi connectivity index (χ1n) is 5.47. The molecule has 0 heterocycles. The predicted molar refractivity (Wildman–Crippen MR) is 69.2 cm³/mol. The average molecular weight is 257 g/mol. The molecular formula is C14H11NO4. The van der Waals surface area contributed by atoms with E-state index in [1.807, 2.05) is 0 Å². The maximum Gasteiger partial charge on any atom is 0.343 e. The van der Waals surface area contributed by atoms with Crippen molar-refractivity contribution in [3.63, 3.8) is 0 Å². The van der Waals surface area contributed by atoms with Gasteiger partial charge in [0.15, 0.2) is 0 Å². The molecule has 0 aliphatic rings. The average Bonchev–Trinajstić information content (AvgIpc) is 2.39. The molecular weight excluding hydrogens is 246 g/mol. The van der Waals surface area contributed by atoms with E-state index in [-0.39, 0.29) is 11.1 Å². The number of hydrogen-bond donors (Lipinski definition) is 2. The maximum absolute atomic E-state index is 11.8. The smallest absolute Gasteiger partial charge is 0.343 e. The van der Waals surface area contributed by atoms with Crippen molar-refractivity contribution in [3.8, 4) is 5.75 Å². The van der Waals surface area contributed by atoms with Crippen molar-refractivity contribution in [1.82, 2.24) is 0 Å². The maximum atomic E-state index is 11.8. The van der Waals surface area contributed by atoms with Crippen LogP contribution in [-0.4, -0.2) is 17.0 Å². The van der Waals surface area contributed by atoms with Gasteiger partial charge < -0.3 is 15.6 Å². The standard InChI is InChI=1S/C14H11NO4/c15-11-2-1-3-12(8-11)19-14(18)10-6-4-9(5-7-10)13(16)17/h1-8H,15H2,(H,16,17). The third-order valence-corrected chi connectivity index (χ3v) is 2.44. The largest absolute Gasteiger partial charge is 0.478 e. The van der Waals surface area contributed by atoms with E-state index in [2.05, 4.69) is 0 Å². The minimum Gasteiger partial charge on any atom is -0.478 e. The number of esters is 1. The molecule has 0 saturated carbocycles. The first kappa shape index (κ1) is 12.6. The number of nitrogens with two attached hydrogens (primary N) is 1. The van der Waals surface area contributed by atoms with Crippen LogP contribution in [0.4, 0.5) is 5.69 Å². The van der Waals surface area contributed by atoms with Crippen molar-refractivity contribution < 1.29 is 19.4 Å². The molecule has 0 aromatic heterocycles. The number of rotatable bonds is 3. The Bertz CT molecular complexity index is 620. The number of benzene rings is 2. The molecule has 0 fully saturated rings. The first-order chi connectivity index (χ1) is 9.06. The fourth-order valence-corrected chi connectivity index (χ4v) is 1.49. The van der Waals surface area contributed by atoms with Gasteiger partial charge in [0.2, 0.25) is 0 Å². The lowest BCUT2D eigenvalue weighted by Crippen LogP contribution is -2.09. The van der Waals surface area contributed by atoms with Gasteiger partial charge in [0, 0.05) is 11.8 Å². The van der Waals surface area contributed by atoms with Crippen molar-refractivity contribution in [2.75, 3.05) is 5.73 Å². The van der Waals surface area contributed by atoms with Gasteiger partial charge in [-0.2, -0.15) is 0 Å². The normalized spacial score (nSPS) is 9.89. The molecule has 2 aromatic carbocycles. The molecule has 0 saturated heterocycles. The monoisotopic (exact) mass is 257 g/mol. The summed E-state index contributed by atoms with van der Waals surface area (Å²) in [6.45, 7) is 0. The number of carboxylic acids is 1. The summed E-state index contributed by atoms with van der Waals surface area (Å²) >= 11 is 0. The van der Waals surface area contributed by atoms with Gasteiger partial charge in [-0.3, -0.25) is 0 Å². The molecule has 19 heavy (non-hydrogen) atoms. The van der Waals surface area contributed by atoms with Gasteiger partial charge >= 0.3 is 11.9 Å². The van der Waals surface area contributed by atoms with E-state index in [1.165, 1.54) is 30.3 Å². The highest BCUT2D eigenvalue weighted by atomic mass is 16.5. The summed E-state index contributed by atoms with van der Waals surface area (Å²) in [5.74, 6) is -1.27. The summed E-state index contributed by atoms with van der Waals surface area (Å²) in [4.78, 5) is 22.5. The molecule has 5 heteroatoms. The second kappa shape index (κ2) is 5.22. The third-order valence-electron chi connectivity index (χ3n) is 2.44. The number of ether oxygens (including phenoxy) is 1. The zero-order chi connectivity index (χ0) is 13.8. The highest BCUT2D eigenvalue weighted by Gasteiger charge is 2.10. The highest BCUT2D eigenvalue weighted by Crippen LogP contribution is 2.16. The summed E-state index contributed by atoms with van der Waals surface area (Å²) in [6.07, 6.45) is 0. The van der Waals surface area contributed by atoms with Crippen molar-refractivity contribution in [2.24, 2.45) is 0 Å². The first-order valence-corrected chi connectivity index (χ1v) is 5.47. The van der Waals surface area contributed by atoms with Gasteiger partial charge in [-0.25, -0.2) is 9.59 Å². The summed E-state index contributed by atoms with van der Waals surface area (Å²) in [5, 5.41) is 8.75. The fourth-order valence-electron chi connectivity index (χ4n) is 1.49. The van der Waals surface area contributed by atoms with Crippen molar-refractivity contribution >= 4 is 17.6 Å². The molecule has 0 atom stereocenters. The molecule has 5 nitrogen and oxygen atoms in total. The van der Waals surface area contributed by atoms with E-state index < -0.39 is 11.9 Å². The van der Waals surface area contributed by atoms with Gasteiger partial charge in [0.05, 0.1) is 11.1 Å². The van der Waals surface area contributed by atoms with Crippen LogP contribution in [0.1, 0.15) is 20.7 Å². The lowest BCUT2D eigenvalue weighted by atomic mass is 10.1. The van der Waals surface area contributed by atoms with E-state index in [0.717, 1.165) is 0 Å². The Morgan fingerprint density at radius 3 is 2.21 bits per heavy atom. The van der Waals surface area contributed by atoms with E-state index in [0.29, 0.717) is 11.4 Å². The molecule has 0 bridgehead atoms. The Morgan fingerprint density at radius 2 is 1.63 bits per heavy atom. The molecule has 0 spiro atoms. The Labute approximate surface area is 109 Å².